The van der Waals surface area contributed by atoms with E-state index in [1.807, 2.05) is 38.3 Å². The number of anilines is 1. The molecule has 0 radical (unpaired) electrons. The molecule has 0 unspecified atom stereocenters. The molecule has 0 bridgehead atoms. The van der Waals surface area contributed by atoms with Crippen LogP contribution >= 0.6 is 11.3 Å². The minimum atomic E-state index is -0.0991. The predicted octanol–water partition coefficient (Wildman–Crippen LogP) is 3.99. The van der Waals surface area contributed by atoms with Gasteiger partial charge in [0.15, 0.2) is 0 Å². The van der Waals surface area contributed by atoms with E-state index in [0.717, 1.165) is 27.9 Å². The third-order valence-corrected chi connectivity index (χ3v) is 4.24. The Hall–Kier alpha value is -2.12. The van der Waals surface area contributed by atoms with E-state index in [2.05, 4.69) is 11.4 Å². The van der Waals surface area contributed by atoms with Crippen LogP contribution in [0.4, 0.5) is 5.69 Å². The Balaban J connectivity index is 2.39. The smallest absolute Gasteiger partial charge is 0.265 e. The highest BCUT2D eigenvalue weighted by Gasteiger charge is 2.14. The van der Waals surface area contributed by atoms with Gasteiger partial charge in [-0.3, -0.25) is 4.79 Å². The molecule has 0 spiro atoms. The summed E-state index contributed by atoms with van der Waals surface area (Å²) in [4.78, 5) is 12.9. The van der Waals surface area contributed by atoms with Crippen molar-refractivity contribution in [1.29, 1.82) is 5.26 Å². The minimum absolute atomic E-state index is 0.0991. The van der Waals surface area contributed by atoms with Gasteiger partial charge in [0.2, 0.25) is 0 Å². The SMILES string of the molecule is Cc1cc(C)c(NC(=O)c2cccs2)c(C)c1CC#N. The number of carbonyl (C=O) groups is 1. The maximum atomic E-state index is 12.2. The molecule has 1 aromatic carbocycles. The molecule has 3 nitrogen and oxygen atoms in total. The highest BCUT2D eigenvalue weighted by atomic mass is 32.1. The quantitative estimate of drug-likeness (QED) is 0.926. The van der Waals surface area contributed by atoms with Crippen LogP contribution in [0.2, 0.25) is 0 Å². The molecule has 1 heterocycles. The molecular weight excluding hydrogens is 268 g/mol. The summed E-state index contributed by atoms with van der Waals surface area (Å²) in [6.45, 7) is 5.93. The number of thiophene rings is 1. The van der Waals surface area contributed by atoms with Gasteiger partial charge >= 0.3 is 0 Å². The maximum absolute atomic E-state index is 12.2. The molecule has 1 amide bonds. The highest BCUT2D eigenvalue weighted by Crippen LogP contribution is 2.28. The lowest BCUT2D eigenvalue weighted by Gasteiger charge is -2.16. The average molecular weight is 284 g/mol. The molecule has 1 N–H and O–H groups in total. The van der Waals surface area contributed by atoms with Gasteiger partial charge in [-0.1, -0.05) is 12.1 Å². The van der Waals surface area contributed by atoms with E-state index in [4.69, 9.17) is 5.26 Å². The van der Waals surface area contributed by atoms with Crippen molar-refractivity contribution in [1.82, 2.24) is 0 Å². The van der Waals surface area contributed by atoms with Crippen molar-refractivity contribution in [3.8, 4) is 6.07 Å². The minimum Gasteiger partial charge on any atom is -0.321 e. The van der Waals surface area contributed by atoms with Crippen molar-refractivity contribution in [2.75, 3.05) is 5.32 Å². The summed E-state index contributed by atoms with van der Waals surface area (Å²) in [5.74, 6) is -0.0991. The Kier molecular flexibility index (Phi) is 4.21. The van der Waals surface area contributed by atoms with Crippen molar-refractivity contribution in [2.24, 2.45) is 0 Å². The van der Waals surface area contributed by atoms with Crippen LogP contribution in [0.1, 0.15) is 31.9 Å². The first-order valence-corrected chi connectivity index (χ1v) is 7.24. The fraction of sp³-hybridized carbons (Fsp3) is 0.250. The van der Waals surface area contributed by atoms with Crippen LogP contribution < -0.4 is 5.32 Å². The van der Waals surface area contributed by atoms with Gasteiger partial charge < -0.3 is 5.32 Å². The van der Waals surface area contributed by atoms with E-state index >= 15 is 0 Å². The number of nitriles is 1. The molecule has 0 atom stereocenters. The van der Waals surface area contributed by atoms with Gasteiger partial charge in [-0.2, -0.15) is 5.26 Å². The Morgan fingerprint density at radius 2 is 2.10 bits per heavy atom. The number of hydrogen-bond acceptors (Lipinski definition) is 3. The first-order chi connectivity index (χ1) is 9.54. The molecular formula is C16H16N2OS. The zero-order valence-corrected chi connectivity index (χ0v) is 12.6. The van der Waals surface area contributed by atoms with Crippen molar-refractivity contribution < 1.29 is 4.79 Å². The number of aryl methyl sites for hydroxylation is 2. The molecule has 2 rings (SSSR count). The van der Waals surface area contributed by atoms with Gasteiger partial charge in [0.1, 0.15) is 0 Å². The molecule has 0 saturated carbocycles. The monoisotopic (exact) mass is 284 g/mol. The zero-order valence-electron chi connectivity index (χ0n) is 11.8. The standard InChI is InChI=1S/C16H16N2OS/c1-10-9-11(2)15(12(3)13(10)6-7-17)18-16(19)14-5-4-8-20-14/h4-5,8-9H,6H2,1-3H3,(H,18,19). The second kappa shape index (κ2) is 5.89. The Morgan fingerprint density at radius 1 is 1.35 bits per heavy atom. The maximum Gasteiger partial charge on any atom is 0.265 e. The summed E-state index contributed by atoms with van der Waals surface area (Å²) in [6.07, 6.45) is 0.361. The zero-order chi connectivity index (χ0) is 14.7. The van der Waals surface area contributed by atoms with Gasteiger partial charge in [0, 0.05) is 5.69 Å². The number of nitrogens with zero attached hydrogens (tertiary/aromatic N) is 1. The van der Waals surface area contributed by atoms with Crippen LogP contribution in [0.5, 0.6) is 0 Å². The molecule has 0 saturated heterocycles. The van der Waals surface area contributed by atoms with Gasteiger partial charge in [0.25, 0.3) is 5.91 Å². The Bertz CT molecular complexity index is 681. The second-order valence-electron chi connectivity index (χ2n) is 4.76. The lowest BCUT2D eigenvalue weighted by molar-refractivity contribution is 0.103. The van der Waals surface area contributed by atoms with Gasteiger partial charge in [0.05, 0.1) is 17.4 Å². The largest absolute Gasteiger partial charge is 0.321 e. The fourth-order valence-electron chi connectivity index (χ4n) is 2.35. The van der Waals surface area contributed by atoms with E-state index in [-0.39, 0.29) is 5.91 Å². The molecule has 2 aromatic rings. The van der Waals surface area contributed by atoms with Crippen LogP contribution in [-0.2, 0) is 6.42 Å². The molecule has 0 aliphatic heterocycles. The normalized spacial score (nSPS) is 10.1. The van der Waals surface area contributed by atoms with E-state index in [1.165, 1.54) is 11.3 Å². The summed E-state index contributed by atoms with van der Waals surface area (Å²) < 4.78 is 0. The summed E-state index contributed by atoms with van der Waals surface area (Å²) in [6, 6.07) is 7.86. The summed E-state index contributed by atoms with van der Waals surface area (Å²) in [5.41, 5.74) is 4.91. The summed E-state index contributed by atoms with van der Waals surface area (Å²) >= 11 is 1.42. The van der Waals surface area contributed by atoms with Crippen molar-refractivity contribution in [3.05, 3.63) is 50.7 Å². The fourth-order valence-corrected chi connectivity index (χ4v) is 2.97. The summed E-state index contributed by atoms with van der Waals surface area (Å²) in [7, 11) is 0. The number of benzene rings is 1. The van der Waals surface area contributed by atoms with E-state index in [9.17, 15) is 4.79 Å². The van der Waals surface area contributed by atoms with Crippen molar-refractivity contribution >= 4 is 22.9 Å². The Labute approximate surface area is 122 Å². The molecule has 1 aromatic heterocycles. The van der Waals surface area contributed by atoms with Crippen molar-refractivity contribution in [2.45, 2.75) is 27.2 Å². The van der Waals surface area contributed by atoms with Crippen molar-refractivity contribution in [3.63, 3.8) is 0 Å². The third kappa shape index (κ3) is 2.73. The lowest BCUT2D eigenvalue weighted by Crippen LogP contribution is -2.13. The highest BCUT2D eigenvalue weighted by molar-refractivity contribution is 7.12. The number of carbonyl (C=O) groups excluding carboxylic acids is 1. The molecule has 102 valence electrons. The summed E-state index contributed by atoms with van der Waals surface area (Å²) in [5, 5.41) is 13.8. The van der Waals surface area contributed by atoms with Gasteiger partial charge in [-0.15, -0.1) is 11.3 Å². The van der Waals surface area contributed by atoms with E-state index in [0.29, 0.717) is 11.3 Å². The van der Waals surface area contributed by atoms with Crippen LogP contribution in [0.15, 0.2) is 23.6 Å². The average Bonchev–Trinajstić information content (AvgIpc) is 2.93. The van der Waals surface area contributed by atoms with E-state index < -0.39 is 0 Å². The lowest BCUT2D eigenvalue weighted by atomic mass is 9.95. The molecule has 20 heavy (non-hydrogen) atoms. The van der Waals surface area contributed by atoms with Crippen LogP contribution in [0.25, 0.3) is 0 Å². The van der Waals surface area contributed by atoms with Gasteiger partial charge in [-0.05, 0) is 54.5 Å². The third-order valence-electron chi connectivity index (χ3n) is 3.37. The van der Waals surface area contributed by atoms with Gasteiger partial charge in [-0.25, -0.2) is 0 Å². The Morgan fingerprint density at radius 3 is 2.70 bits per heavy atom. The van der Waals surface area contributed by atoms with Crippen LogP contribution in [0, 0.1) is 32.1 Å². The van der Waals surface area contributed by atoms with Crippen LogP contribution in [0.3, 0.4) is 0 Å². The first kappa shape index (κ1) is 14.3. The number of rotatable bonds is 3. The second-order valence-corrected chi connectivity index (χ2v) is 5.70. The van der Waals surface area contributed by atoms with Crippen LogP contribution in [-0.4, -0.2) is 5.91 Å². The predicted molar refractivity (Wildman–Crippen MR) is 82.2 cm³/mol. The number of hydrogen-bond donors (Lipinski definition) is 1. The topological polar surface area (TPSA) is 52.9 Å². The van der Waals surface area contributed by atoms with E-state index in [1.54, 1.807) is 6.07 Å². The first-order valence-electron chi connectivity index (χ1n) is 6.36. The molecule has 0 fully saturated rings. The molecule has 0 aliphatic carbocycles. The molecule has 4 heteroatoms. The number of amides is 1. The number of nitrogens with one attached hydrogen (secondary N) is 1. The molecule has 0 aliphatic rings.